The van der Waals surface area contributed by atoms with E-state index in [1.165, 1.54) is 9.47 Å². The van der Waals surface area contributed by atoms with Crippen molar-refractivity contribution < 1.29 is 18.0 Å². The molecular formula is C20H27F3N4O. The zero-order chi connectivity index (χ0) is 20.6. The van der Waals surface area contributed by atoms with Crippen LogP contribution in [0.2, 0.25) is 0 Å². The molecule has 0 aromatic rings. The lowest BCUT2D eigenvalue weighted by Crippen LogP contribution is -2.38. The molecule has 5 nitrogen and oxygen atoms in total. The van der Waals surface area contributed by atoms with Crippen molar-refractivity contribution >= 4 is 5.91 Å². The summed E-state index contributed by atoms with van der Waals surface area (Å²) >= 11 is 0. The van der Waals surface area contributed by atoms with Crippen LogP contribution in [0.5, 0.6) is 0 Å². The fourth-order valence-corrected chi connectivity index (χ4v) is 4.16. The molecule has 0 N–H and O–H groups in total. The molecule has 0 saturated carbocycles. The van der Waals surface area contributed by atoms with Gasteiger partial charge in [-0.25, -0.2) is 4.98 Å². The first-order valence-corrected chi connectivity index (χ1v) is 9.53. The lowest BCUT2D eigenvalue weighted by Gasteiger charge is -2.35. The molecule has 1 amide bonds. The number of likely N-dealkylation sites (N-methyl/N-ethyl adjacent to an activating group) is 1. The number of hydrogen-bond donors (Lipinski definition) is 0. The summed E-state index contributed by atoms with van der Waals surface area (Å²) in [5.41, 5.74) is -0.173. The monoisotopic (exact) mass is 396 g/mol. The Morgan fingerprint density at radius 2 is 1.89 bits per heavy atom. The standard InChI is InChI=1S/C20H27F3N4O/c1-13-8-14(2)10-26(9-13)11-16-15-6-5-7-27(12-17(28)25(3)4)19(15)24-18(16)20(21,22)23/h5-7,13-14H,8-12H2,1-4H3/t13-,14-/m0/s1. The van der Waals surface area contributed by atoms with Crippen LogP contribution in [-0.4, -0.2) is 52.4 Å². The second-order valence-corrected chi connectivity index (χ2v) is 8.24. The van der Waals surface area contributed by atoms with Gasteiger partial charge in [-0.2, -0.15) is 13.2 Å². The number of fused-ring (bicyclic) bond motifs is 1. The highest BCUT2D eigenvalue weighted by molar-refractivity contribution is 5.76. The number of carbonyl (C=O) groups is 1. The fraction of sp³-hybridized carbons (Fsp3) is 0.600. The van der Waals surface area contributed by atoms with Crippen LogP contribution < -0.4 is 0 Å². The summed E-state index contributed by atoms with van der Waals surface area (Å²) in [6.07, 6.45) is -1.84. The molecule has 0 bridgehead atoms. The predicted octanol–water partition coefficient (Wildman–Crippen LogP) is 3.57. The normalized spacial score (nSPS) is 21.2. The maximum Gasteiger partial charge on any atom is 0.433 e. The maximum absolute atomic E-state index is 13.8. The van der Waals surface area contributed by atoms with E-state index >= 15 is 0 Å². The molecule has 3 aliphatic heterocycles. The number of halogens is 3. The van der Waals surface area contributed by atoms with Crippen molar-refractivity contribution in [2.45, 2.75) is 39.5 Å². The molecule has 0 aromatic carbocycles. The Morgan fingerprint density at radius 1 is 1.25 bits per heavy atom. The van der Waals surface area contributed by atoms with Crippen LogP contribution in [0.1, 0.15) is 31.5 Å². The maximum atomic E-state index is 13.8. The van der Waals surface area contributed by atoms with Crippen molar-refractivity contribution in [3.63, 3.8) is 0 Å². The minimum Gasteiger partial charge on any atom is -0.347 e. The summed E-state index contributed by atoms with van der Waals surface area (Å²) in [6, 6.07) is 3.35. The molecule has 0 radical (unpaired) electrons. The third-order valence-electron chi connectivity index (χ3n) is 5.27. The van der Waals surface area contributed by atoms with Crippen LogP contribution >= 0.6 is 0 Å². The zero-order valence-corrected chi connectivity index (χ0v) is 16.8. The minimum atomic E-state index is -4.54. The Hall–Kier alpha value is -2.09. The number of pyridine rings is 1. The molecule has 1 fully saturated rings. The molecule has 2 atom stereocenters. The molecule has 0 aromatic heterocycles. The molecule has 3 heterocycles. The summed E-state index contributed by atoms with van der Waals surface area (Å²) in [5.74, 6) is 0.914. The van der Waals surface area contributed by atoms with Crippen LogP contribution in [0, 0.1) is 11.8 Å². The highest BCUT2D eigenvalue weighted by Gasteiger charge is 2.40. The van der Waals surface area contributed by atoms with Crippen molar-refractivity contribution in [3.05, 3.63) is 29.6 Å². The quantitative estimate of drug-likeness (QED) is 0.793. The van der Waals surface area contributed by atoms with E-state index in [4.69, 9.17) is 0 Å². The molecule has 154 valence electrons. The zero-order valence-electron chi connectivity index (χ0n) is 16.8. The number of carbonyl (C=O) groups excluding carboxylic acids is 1. The van der Waals surface area contributed by atoms with Gasteiger partial charge in [0.1, 0.15) is 12.4 Å². The van der Waals surface area contributed by atoms with Crippen LogP contribution in [0.15, 0.2) is 18.3 Å². The largest absolute Gasteiger partial charge is 0.433 e. The van der Waals surface area contributed by atoms with Gasteiger partial charge in [0, 0.05) is 51.1 Å². The SMILES string of the molecule is C[C@H]1C[C@H](C)CN(Cc2c3cccn(CC(=O)N(C)C)c-3nc2C(F)(F)F)C1. The highest BCUT2D eigenvalue weighted by atomic mass is 19.4. The third kappa shape index (κ3) is 4.32. The van der Waals surface area contributed by atoms with Crippen LogP contribution in [0.3, 0.4) is 0 Å². The molecular weight excluding hydrogens is 369 g/mol. The van der Waals surface area contributed by atoms with Gasteiger partial charge in [-0.05, 0) is 30.4 Å². The van der Waals surface area contributed by atoms with Crippen molar-refractivity contribution in [1.29, 1.82) is 0 Å². The number of likely N-dealkylation sites (tertiary alicyclic amines) is 1. The Morgan fingerprint density at radius 3 is 2.46 bits per heavy atom. The van der Waals surface area contributed by atoms with E-state index in [2.05, 4.69) is 23.7 Å². The van der Waals surface area contributed by atoms with Gasteiger partial charge >= 0.3 is 6.18 Å². The fourth-order valence-electron chi connectivity index (χ4n) is 4.16. The van der Waals surface area contributed by atoms with E-state index in [9.17, 15) is 18.0 Å². The lowest BCUT2D eigenvalue weighted by atomic mass is 9.91. The van der Waals surface area contributed by atoms with Crippen molar-refractivity contribution in [1.82, 2.24) is 19.4 Å². The Labute approximate surface area is 163 Å². The lowest BCUT2D eigenvalue weighted by molar-refractivity contribution is -0.141. The number of amides is 1. The number of hydrogen-bond acceptors (Lipinski definition) is 3. The van der Waals surface area contributed by atoms with Gasteiger partial charge in [-0.3, -0.25) is 9.69 Å². The number of piperidine rings is 1. The first-order valence-electron chi connectivity index (χ1n) is 9.53. The first-order chi connectivity index (χ1) is 13.1. The number of nitrogens with zero attached hydrogens (tertiary/aromatic N) is 4. The number of aromatic nitrogens is 2. The minimum absolute atomic E-state index is 0.0458. The van der Waals surface area contributed by atoms with Crippen LogP contribution in [-0.2, 0) is 24.1 Å². The molecule has 0 unspecified atom stereocenters. The summed E-state index contributed by atoms with van der Waals surface area (Å²) in [4.78, 5) is 19.5. The molecule has 3 rings (SSSR count). The van der Waals surface area contributed by atoms with Gasteiger partial charge < -0.3 is 9.47 Å². The van der Waals surface area contributed by atoms with Crippen molar-refractivity contribution in [2.24, 2.45) is 11.8 Å². The Bertz CT molecular complexity index is 804. The van der Waals surface area contributed by atoms with E-state index in [0.717, 1.165) is 19.5 Å². The number of alkyl halides is 3. The third-order valence-corrected chi connectivity index (χ3v) is 5.27. The van der Waals surface area contributed by atoms with Gasteiger partial charge in [-0.15, -0.1) is 0 Å². The average molecular weight is 396 g/mol. The highest BCUT2D eigenvalue weighted by Crippen LogP contribution is 2.39. The molecule has 0 spiro atoms. The predicted molar refractivity (Wildman–Crippen MR) is 101 cm³/mol. The van der Waals surface area contributed by atoms with Crippen LogP contribution in [0.4, 0.5) is 13.2 Å². The van der Waals surface area contributed by atoms with E-state index in [0.29, 0.717) is 17.4 Å². The first kappa shape index (κ1) is 20.6. The van der Waals surface area contributed by atoms with E-state index in [-0.39, 0.29) is 30.4 Å². The smallest absolute Gasteiger partial charge is 0.347 e. The van der Waals surface area contributed by atoms with Gasteiger partial charge in [0.2, 0.25) is 5.91 Å². The van der Waals surface area contributed by atoms with E-state index < -0.39 is 11.9 Å². The topological polar surface area (TPSA) is 41.4 Å². The molecule has 8 heteroatoms. The molecule has 3 aliphatic rings. The Kier molecular flexibility index (Phi) is 5.70. The second-order valence-electron chi connectivity index (χ2n) is 8.24. The van der Waals surface area contributed by atoms with Crippen molar-refractivity contribution in [2.75, 3.05) is 27.2 Å². The van der Waals surface area contributed by atoms with E-state index in [1.54, 1.807) is 32.4 Å². The van der Waals surface area contributed by atoms with Gasteiger partial charge in [0.25, 0.3) is 0 Å². The molecule has 28 heavy (non-hydrogen) atoms. The Balaban J connectivity index is 1.99. The summed E-state index contributed by atoms with van der Waals surface area (Å²) in [7, 11) is 3.24. The van der Waals surface area contributed by atoms with Crippen LogP contribution in [0.25, 0.3) is 11.4 Å². The molecule has 0 aliphatic carbocycles. The van der Waals surface area contributed by atoms with Gasteiger partial charge in [0.05, 0.1) is 0 Å². The summed E-state index contributed by atoms with van der Waals surface area (Å²) < 4.78 is 42.8. The van der Waals surface area contributed by atoms with Gasteiger partial charge in [-0.1, -0.05) is 13.8 Å². The number of rotatable bonds is 4. The molecule has 1 saturated heterocycles. The van der Waals surface area contributed by atoms with E-state index in [1.807, 2.05) is 0 Å². The average Bonchev–Trinajstić information content (AvgIpc) is 2.94. The summed E-state index contributed by atoms with van der Waals surface area (Å²) in [5, 5.41) is 0. The summed E-state index contributed by atoms with van der Waals surface area (Å²) in [6.45, 7) is 5.99. The van der Waals surface area contributed by atoms with Gasteiger partial charge in [0.15, 0.2) is 5.69 Å². The van der Waals surface area contributed by atoms with Crippen molar-refractivity contribution in [3.8, 4) is 11.4 Å². The second kappa shape index (κ2) is 7.73.